The van der Waals surface area contributed by atoms with Crippen LogP contribution in [0.15, 0.2) is 64.5 Å². The van der Waals surface area contributed by atoms with E-state index in [9.17, 15) is 23.1 Å². The number of benzene rings is 2. The summed E-state index contributed by atoms with van der Waals surface area (Å²) in [6, 6.07) is 14.6. The molecule has 1 saturated heterocycles. The molecule has 9 heteroatoms. The fraction of sp³-hybridized carbons (Fsp3) is 0.360. The van der Waals surface area contributed by atoms with Crippen molar-refractivity contribution in [1.82, 2.24) is 9.47 Å². The highest BCUT2D eigenvalue weighted by molar-refractivity contribution is 7.91. The van der Waals surface area contributed by atoms with Gasteiger partial charge in [-0.05, 0) is 63.3 Å². The van der Waals surface area contributed by atoms with Gasteiger partial charge in [-0.25, -0.2) is 22.6 Å². The summed E-state index contributed by atoms with van der Waals surface area (Å²) in [6.45, 7) is 6.40. The number of carbonyl (C=O) groups is 2. The molecular formula is C25H28N2O6S. The van der Waals surface area contributed by atoms with Crippen LogP contribution in [0.4, 0.5) is 9.59 Å². The zero-order valence-electron chi connectivity index (χ0n) is 19.4. The van der Waals surface area contributed by atoms with Crippen molar-refractivity contribution in [2.45, 2.75) is 55.1 Å². The van der Waals surface area contributed by atoms with Crippen LogP contribution in [0.2, 0.25) is 0 Å². The topological polar surface area (TPSA) is 106 Å². The summed E-state index contributed by atoms with van der Waals surface area (Å²) < 4.78 is 33.0. The number of nitrogens with zero attached hydrogens (tertiary/aromatic N) is 2. The highest BCUT2D eigenvalue weighted by atomic mass is 32.2. The average molecular weight is 485 g/mol. The number of aromatic nitrogens is 1. The molecule has 8 nitrogen and oxygen atoms in total. The Morgan fingerprint density at radius 1 is 1.00 bits per heavy atom. The third kappa shape index (κ3) is 4.52. The molecule has 1 fully saturated rings. The monoisotopic (exact) mass is 484 g/mol. The summed E-state index contributed by atoms with van der Waals surface area (Å²) in [6.07, 6.45) is -0.495. The molecule has 1 N–H and O–H groups in total. The summed E-state index contributed by atoms with van der Waals surface area (Å²) >= 11 is 0. The Bertz CT molecular complexity index is 1330. The maximum atomic E-state index is 13.3. The van der Waals surface area contributed by atoms with Crippen molar-refractivity contribution in [2.75, 3.05) is 13.1 Å². The van der Waals surface area contributed by atoms with Crippen LogP contribution in [0.25, 0.3) is 10.9 Å². The van der Waals surface area contributed by atoms with Crippen LogP contribution in [0.5, 0.6) is 0 Å². The second-order valence-corrected chi connectivity index (χ2v) is 11.3. The smallest absolute Gasteiger partial charge is 0.417 e. The van der Waals surface area contributed by atoms with Gasteiger partial charge < -0.3 is 14.7 Å². The molecule has 1 aliphatic heterocycles. The highest BCUT2D eigenvalue weighted by Crippen LogP contribution is 2.37. The second-order valence-electron chi connectivity index (χ2n) is 9.44. The normalized spacial score (nSPS) is 15.4. The van der Waals surface area contributed by atoms with Crippen LogP contribution >= 0.6 is 0 Å². The molecule has 1 amide bonds. The van der Waals surface area contributed by atoms with E-state index in [0.717, 1.165) is 10.1 Å². The van der Waals surface area contributed by atoms with Crippen molar-refractivity contribution >= 4 is 32.9 Å². The summed E-state index contributed by atoms with van der Waals surface area (Å²) in [5.41, 5.74) is 0.557. The lowest BCUT2D eigenvalue weighted by atomic mass is 9.88. The molecule has 0 atom stereocenters. The van der Waals surface area contributed by atoms with E-state index in [-0.39, 0.29) is 21.9 Å². The second kappa shape index (κ2) is 8.79. The molecule has 2 aromatic carbocycles. The van der Waals surface area contributed by atoms with E-state index in [1.807, 2.05) is 32.9 Å². The first-order chi connectivity index (χ1) is 16.0. The largest absolute Gasteiger partial charge is 0.464 e. The van der Waals surface area contributed by atoms with E-state index in [4.69, 9.17) is 4.74 Å². The first kappa shape index (κ1) is 23.8. The number of fused-ring (bicyclic) bond motifs is 1. The Kier molecular flexibility index (Phi) is 6.16. The highest BCUT2D eigenvalue weighted by Gasteiger charge is 2.32. The Morgan fingerprint density at radius 3 is 2.24 bits per heavy atom. The van der Waals surface area contributed by atoms with Crippen LogP contribution in [0.3, 0.4) is 0 Å². The molecule has 1 aliphatic rings. The van der Waals surface area contributed by atoms with Crippen molar-refractivity contribution in [3.05, 3.63) is 60.2 Å². The standard InChI is InChI=1S/C25H28N2O6S/c1-25(2,3)33-24(30)26-14-12-17(13-15-26)20-11-7-8-18-16-21(27(22(18)20)23(28)29)34(31,32)19-9-5-4-6-10-19/h4-11,16-17H,12-15H2,1-3H3,(H,28,29). The molecule has 34 heavy (non-hydrogen) atoms. The molecule has 0 aliphatic carbocycles. The number of sulfone groups is 1. The van der Waals surface area contributed by atoms with Gasteiger partial charge in [0.05, 0.1) is 10.4 Å². The maximum absolute atomic E-state index is 13.3. The fourth-order valence-electron chi connectivity index (χ4n) is 4.40. The molecule has 0 spiro atoms. The lowest BCUT2D eigenvalue weighted by Crippen LogP contribution is -2.41. The number of likely N-dealkylation sites (tertiary alicyclic amines) is 1. The molecule has 0 radical (unpaired) electrons. The van der Waals surface area contributed by atoms with Gasteiger partial charge in [-0.1, -0.05) is 36.4 Å². The Hall–Kier alpha value is -3.33. The molecule has 2 heterocycles. The Morgan fingerprint density at radius 2 is 1.65 bits per heavy atom. The zero-order chi connectivity index (χ0) is 24.7. The number of carbonyl (C=O) groups excluding carboxylic acids is 1. The number of rotatable bonds is 3. The minimum absolute atomic E-state index is 0.0253. The predicted octanol–water partition coefficient (Wildman–Crippen LogP) is 5.11. The van der Waals surface area contributed by atoms with Gasteiger partial charge in [-0.3, -0.25) is 0 Å². The van der Waals surface area contributed by atoms with Crippen LogP contribution in [-0.4, -0.2) is 53.9 Å². The van der Waals surface area contributed by atoms with Gasteiger partial charge in [0, 0.05) is 18.5 Å². The minimum atomic E-state index is -4.05. The lowest BCUT2D eigenvalue weighted by Gasteiger charge is -2.33. The minimum Gasteiger partial charge on any atom is -0.464 e. The van der Waals surface area contributed by atoms with E-state index in [1.165, 1.54) is 18.2 Å². The van der Waals surface area contributed by atoms with Crippen molar-refractivity contribution in [2.24, 2.45) is 0 Å². The van der Waals surface area contributed by atoms with Crippen LogP contribution in [-0.2, 0) is 14.6 Å². The Labute approximate surface area is 198 Å². The quantitative estimate of drug-likeness (QED) is 0.553. The van der Waals surface area contributed by atoms with Gasteiger partial charge in [0.1, 0.15) is 5.60 Å². The van der Waals surface area contributed by atoms with Gasteiger partial charge in [-0.15, -0.1) is 0 Å². The maximum Gasteiger partial charge on any atom is 0.417 e. The van der Waals surface area contributed by atoms with Gasteiger partial charge in [0.2, 0.25) is 9.84 Å². The van der Waals surface area contributed by atoms with Crippen molar-refractivity contribution in [3.63, 3.8) is 0 Å². The van der Waals surface area contributed by atoms with Crippen molar-refractivity contribution in [3.8, 4) is 0 Å². The molecule has 4 rings (SSSR count). The first-order valence-electron chi connectivity index (χ1n) is 11.1. The number of hydrogen-bond donors (Lipinski definition) is 1. The van der Waals surface area contributed by atoms with E-state index in [0.29, 0.717) is 36.8 Å². The SMILES string of the molecule is CC(C)(C)OC(=O)N1CCC(c2cccc3cc(S(=O)(=O)c4ccccc4)n(C(=O)O)c23)CC1. The lowest BCUT2D eigenvalue weighted by molar-refractivity contribution is 0.0205. The van der Waals surface area contributed by atoms with E-state index in [2.05, 4.69) is 0 Å². The fourth-order valence-corrected chi connectivity index (χ4v) is 5.85. The number of hydrogen-bond acceptors (Lipinski definition) is 5. The van der Waals surface area contributed by atoms with E-state index >= 15 is 0 Å². The van der Waals surface area contributed by atoms with Gasteiger partial charge in [0.25, 0.3) is 0 Å². The third-order valence-electron chi connectivity index (χ3n) is 5.93. The number of amides is 1. The van der Waals surface area contributed by atoms with Crippen molar-refractivity contribution < 1.29 is 27.9 Å². The van der Waals surface area contributed by atoms with Crippen LogP contribution in [0, 0.1) is 0 Å². The average Bonchev–Trinajstić information content (AvgIpc) is 3.20. The number of ether oxygens (including phenoxy) is 1. The molecule has 3 aromatic rings. The molecule has 0 bridgehead atoms. The predicted molar refractivity (Wildman–Crippen MR) is 127 cm³/mol. The molecule has 180 valence electrons. The van der Waals surface area contributed by atoms with Gasteiger partial charge >= 0.3 is 12.2 Å². The van der Waals surface area contributed by atoms with E-state index < -0.39 is 21.5 Å². The van der Waals surface area contributed by atoms with Crippen molar-refractivity contribution in [1.29, 1.82) is 0 Å². The van der Waals surface area contributed by atoms with Crippen LogP contribution in [0.1, 0.15) is 45.1 Å². The summed E-state index contributed by atoms with van der Waals surface area (Å²) in [4.78, 5) is 26.4. The molecule has 1 aromatic heterocycles. The number of carboxylic acid groups (broad SMARTS) is 1. The molecular weight excluding hydrogens is 456 g/mol. The third-order valence-corrected chi connectivity index (χ3v) is 7.67. The number of piperidine rings is 1. The first-order valence-corrected chi connectivity index (χ1v) is 12.6. The van der Waals surface area contributed by atoms with E-state index in [1.54, 1.807) is 29.2 Å². The molecule has 0 saturated carbocycles. The molecule has 0 unspecified atom stereocenters. The number of para-hydroxylation sites is 1. The van der Waals surface area contributed by atoms with Gasteiger partial charge in [0.15, 0.2) is 5.03 Å². The Balaban J connectivity index is 1.71. The van der Waals surface area contributed by atoms with Gasteiger partial charge in [-0.2, -0.15) is 0 Å². The zero-order valence-corrected chi connectivity index (χ0v) is 20.2. The summed E-state index contributed by atoms with van der Waals surface area (Å²) in [7, 11) is -4.05. The van der Waals surface area contributed by atoms with Crippen LogP contribution < -0.4 is 0 Å². The summed E-state index contributed by atoms with van der Waals surface area (Å²) in [5, 5.41) is 10.3. The summed E-state index contributed by atoms with van der Waals surface area (Å²) in [5.74, 6) is -0.0253.